The number of para-hydroxylation sites is 2. The fourth-order valence-electron chi connectivity index (χ4n) is 3.66. The highest BCUT2D eigenvalue weighted by Crippen LogP contribution is 2.32. The first-order chi connectivity index (χ1) is 15.8. The second-order valence-electron chi connectivity index (χ2n) is 7.67. The Morgan fingerprint density at radius 1 is 1.00 bits per heavy atom. The Bertz CT molecular complexity index is 1150. The molecular formula is C23H21F3N4O2S. The van der Waals surface area contributed by atoms with Crippen LogP contribution in [-0.4, -0.2) is 45.5 Å². The molecule has 33 heavy (non-hydrogen) atoms. The standard InChI is InChI=1S/C23H21F3N4O2S/c24-23(25,26)22-28-18-9-5-4-8-17(18)21(29-22)33-14-19(31)30-12-10-15(11-13-30)20(32)27-16-6-2-1-3-7-16/h1-9,15H,10-14H2,(H,27,32). The number of hydrogen-bond acceptors (Lipinski definition) is 5. The monoisotopic (exact) mass is 474 g/mol. The molecule has 2 amide bonds. The van der Waals surface area contributed by atoms with Crippen molar-refractivity contribution < 1.29 is 22.8 Å². The van der Waals surface area contributed by atoms with Gasteiger partial charge in [-0.3, -0.25) is 9.59 Å². The van der Waals surface area contributed by atoms with Crippen LogP contribution in [0.15, 0.2) is 59.6 Å². The summed E-state index contributed by atoms with van der Waals surface area (Å²) in [6, 6.07) is 15.6. The molecule has 0 saturated carbocycles. The van der Waals surface area contributed by atoms with E-state index in [1.807, 2.05) is 30.3 Å². The number of halogens is 3. The van der Waals surface area contributed by atoms with Crippen LogP contribution in [0.4, 0.5) is 18.9 Å². The van der Waals surface area contributed by atoms with Gasteiger partial charge in [0.1, 0.15) is 5.03 Å². The molecule has 1 fully saturated rings. The van der Waals surface area contributed by atoms with Crippen molar-refractivity contribution in [3.63, 3.8) is 0 Å². The molecule has 0 spiro atoms. The number of amides is 2. The van der Waals surface area contributed by atoms with Crippen LogP contribution in [0, 0.1) is 5.92 Å². The van der Waals surface area contributed by atoms with Crippen molar-refractivity contribution in [1.82, 2.24) is 14.9 Å². The second-order valence-corrected chi connectivity index (χ2v) is 8.63. The Hall–Kier alpha value is -3.14. The van der Waals surface area contributed by atoms with E-state index in [2.05, 4.69) is 15.3 Å². The highest BCUT2D eigenvalue weighted by atomic mass is 32.2. The average molecular weight is 475 g/mol. The zero-order valence-electron chi connectivity index (χ0n) is 17.5. The highest BCUT2D eigenvalue weighted by molar-refractivity contribution is 8.00. The summed E-state index contributed by atoms with van der Waals surface area (Å²) in [5.41, 5.74) is 0.910. The molecule has 1 N–H and O–H groups in total. The first kappa shape index (κ1) is 23.0. The van der Waals surface area contributed by atoms with E-state index in [0.29, 0.717) is 31.3 Å². The minimum absolute atomic E-state index is 0.0425. The number of alkyl halides is 3. The number of rotatable bonds is 5. The lowest BCUT2D eigenvalue weighted by Gasteiger charge is -2.31. The van der Waals surface area contributed by atoms with E-state index in [1.165, 1.54) is 6.07 Å². The number of piperidine rings is 1. The lowest BCUT2D eigenvalue weighted by atomic mass is 9.96. The number of benzene rings is 2. The van der Waals surface area contributed by atoms with Gasteiger partial charge < -0.3 is 10.2 Å². The van der Waals surface area contributed by atoms with Crippen molar-refractivity contribution in [3.05, 3.63) is 60.4 Å². The third-order valence-corrected chi connectivity index (χ3v) is 6.39. The van der Waals surface area contributed by atoms with Gasteiger partial charge in [-0.2, -0.15) is 13.2 Å². The van der Waals surface area contributed by atoms with Crippen molar-refractivity contribution >= 4 is 40.2 Å². The van der Waals surface area contributed by atoms with E-state index in [9.17, 15) is 22.8 Å². The van der Waals surface area contributed by atoms with Crippen LogP contribution >= 0.6 is 11.8 Å². The molecule has 1 saturated heterocycles. The number of thioether (sulfide) groups is 1. The van der Waals surface area contributed by atoms with Gasteiger partial charge in [0.2, 0.25) is 17.6 Å². The van der Waals surface area contributed by atoms with E-state index in [4.69, 9.17) is 0 Å². The minimum Gasteiger partial charge on any atom is -0.342 e. The molecule has 3 aromatic rings. The normalized spacial score (nSPS) is 14.9. The molecule has 0 unspecified atom stereocenters. The third-order valence-electron chi connectivity index (χ3n) is 5.41. The summed E-state index contributed by atoms with van der Waals surface area (Å²) in [5, 5.41) is 3.48. The van der Waals surface area contributed by atoms with Crippen molar-refractivity contribution in [2.75, 3.05) is 24.2 Å². The highest BCUT2D eigenvalue weighted by Gasteiger charge is 2.35. The van der Waals surface area contributed by atoms with Crippen LogP contribution < -0.4 is 5.32 Å². The molecule has 4 rings (SSSR count). The number of nitrogens with one attached hydrogen (secondary N) is 1. The van der Waals surface area contributed by atoms with Crippen molar-refractivity contribution in [2.45, 2.75) is 24.0 Å². The summed E-state index contributed by atoms with van der Waals surface area (Å²) in [6.07, 6.45) is -3.61. The van der Waals surface area contributed by atoms with Crippen LogP contribution in [0.1, 0.15) is 18.7 Å². The van der Waals surface area contributed by atoms with Crippen LogP contribution in [-0.2, 0) is 15.8 Å². The summed E-state index contributed by atoms with van der Waals surface area (Å²) >= 11 is 0.969. The molecule has 1 aliphatic heterocycles. The number of nitrogens with zero attached hydrogens (tertiary/aromatic N) is 3. The maximum absolute atomic E-state index is 13.2. The molecule has 0 radical (unpaired) electrons. The van der Waals surface area contributed by atoms with Gasteiger partial charge in [-0.25, -0.2) is 9.97 Å². The van der Waals surface area contributed by atoms with E-state index in [-0.39, 0.29) is 34.0 Å². The SMILES string of the molecule is O=C(Nc1ccccc1)C1CCN(C(=O)CSc2nc(C(F)(F)F)nc3ccccc23)CC1. The van der Waals surface area contributed by atoms with E-state index >= 15 is 0 Å². The summed E-state index contributed by atoms with van der Waals surface area (Å²) < 4.78 is 39.5. The van der Waals surface area contributed by atoms with Gasteiger partial charge in [-0.1, -0.05) is 48.2 Å². The molecule has 0 atom stereocenters. The van der Waals surface area contributed by atoms with Crippen molar-refractivity contribution in [1.29, 1.82) is 0 Å². The number of anilines is 1. The van der Waals surface area contributed by atoms with Gasteiger partial charge in [-0.05, 0) is 31.0 Å². The largest absolute Gasteiger partial charge is 0.451 e. The van der Waals surface area contributed by atoms with Crippen LogP contribution in [0.5, 0.6) is 0 Å². The lowest BCUT2D eigenvalue weighted by molar-refractivity contribution is -0.145. The van der Waals surface area contributed by atoms with Gasteiger partial charge in [0, 0.05) is 30.1 Å². The molecule has 0 bridgehead atoms. The third kappa shape index (κ3) is 5.62. The second kappa shape index (κ2) is 9.78. The van der Waals surface area contributed by atoms with Gasteiger partial charge in [0.05, 0.1) is 11.3 Å². The average Bonchev–Trinajstić information content (AvgIpc) is 2.82. The zero-order chi connectivity index (χ0) is 23.4. The predicted molar refractivity (Wildman–Crippen MR) is 120 cm³/mol. The van der Waals surface area contributed by atoms with E-state index in [0.717, 1.165) is 17.4 Å². The number of aromatic nitrogens is 2. The van der Waals surface area contributed by atoms with Gasteiger partial charge in [-0.15, -0.1) is 0 Å². The van der Waals surface area contributed by atoms with Crippen LogP contribution in [0.2, 0.25) is 0 Å². The Morgan fingerprint density at radius 3 is 2.36 bits per heavy atom. The number of likely N-dealkylation sites (tertiary alicyclic amines) is 1. The van der Waals surface area contributed by atoms with Crippen molar-refractivity contribution in [2.24, 2.45) is 5.92 Å². The Morgan fingerprint density at radius 2 is 1.67 bits per heavy atom. The molecule has 2 aromatic carbocycles. The van der Waals surface area contributed by atoms with Gasteiger partial charge >= 0.3 is 6.18 Å². The number of carbonyl (C=O) groups excluding carboxylic acids is 2. The first-order valence-corrected chi connectivity index (χ1v) is 11.4. The quantitative estimate of drug-likeness (QED) is 0.432. The molecule has 0 aliphatic carbocycles. The summed E-state index contributed by atoms with van der Waals surface area (Å²) in [4.78, 5) is 34.1. The molecule has 2 heterocycles. The van der Waals surface area contributed by atoms with Gasteiger partial charge in [0.15, 0.2) is 0 Å². The number of carbonyl (C=O) groups is 2. The van der Waals surface area contributed by atoms with Crippen molar-refractivity contribution in [3.8, 4) is 0 Å². The molecule has 6 nitrogen and oxygen atoms in total. The maximum Gasteiger partial charge on any atom is 0.451 e. The Labute approximate surface area is 192 Å². The topological polar surface area (TPSA) is 75.2 Å². The summed E-state index contributed by atoms with van der Waals surface area (Å²) in [7, 11) is 0. The zero-order valence-corrected chi connectivity index (χ0v) is 18.3. The molecule has 172 valence electrons. The Kier molecular flexibility index (Phi) is 6.83. The first-order valence-electron chi connectivity index (χ1n) is 10.4. The van der Waals surface area contributed by atoms with E-state index < -0.39 is 12.0 Å². The van der Waals surface area contributed by atoms with E-state index in [1.54, 1.807) is 23.1 Å². The minimum atomic E-state index is -4.68. The summed E-state index contributed by atoms with van der Waals surface area (Å²) in [6.45, 7) is 0.842. The maximum atomic E-state index is 13.2. The van der Waals surface area contributed by atoms with Crippen LogP contribution in [0.3, 0.4) is 0 Å². The Balaban J connectivity index is 1.35. The van der Waals surface area contributed by atoms with Crippen LogP contribution in [0.25, 0.3) is 10.9 Å². The lowest BCUT2D eigenvalue weighted by Crippen LogP contribution is -2.42. The fourth-order valence-corrected chi connectivity index (χ4v) is 4.58. The molecule has 1 aliphatic rings. The number of hydrogen-bond donors (Lipinski definition) is 1. The summed E-state index contributed by atoms with van der Waals surface area (Å²) in [5.74, 6) is -1.73. The van der Waals surface area contributed by atoms with Gasteiger partial charge in [0.25, 0.3) is 0 Å². The predicted octanol–water partition coefficient (Wildman–Crippen LogP) is 4.62. The smallest absolute Gasteiger partial charge is 0.342 e. The molecule has 1 aromatic heterocycles. The molecule has 10 heteroatoms. The fraction of sp³-hybridized carbons (Fsp3) is 0.304. The number of fused-ring (bicyclic) bond motifs is 1. The molecular weight excluding hydrogens is 453 g/mol.